The molecule has 460 valence electrons. The van der Waals surface area contributed by atoms with E-state index in [9.17, 15) is 0 Å². The van der Waals surface area contributed by atoms with E-state index in [1.54, 1.807) is 19.7 Å². The molecule has 8 aliphatic rings. The van der Waals surface area contributed by atoms with Gasteiger partial charge in [0, 0.05) is 59.5 Å². The molecule has 0 aromatic heterocycles. The molecule has 0 spiro atoms. The van der Waals surface area contributed by atoms with Gasteiger partial charge in [-0.25, -0.2) is 0 Å². The Kier molecular flexibility index (Phi) is 24.1. The van der Waals surface area contributed by atoms with Crippen molar-refractivity contribution < 1.29 is 39.8 Å². The summed E-state index contributed by atoms with van der Waals surface area (Å²) in [6.45, 7) is 31.6. The standard InChI is InChI=1S/C54H106O9S12Si3/c1-13-49-31-27-44(37-49)40-52(49,76(55-16-4,56-17-5)57-18-6)73(34-30-48-36-43-25-26-47(48)35-43,72-75(67,69-65)54(42-46-29-33-51(54,15-3)39-46)78(61-22-10,62-23-11)63-24-12)70-71-74(66,68-64)53(41-45-28-32-50(53,14-2)38-45)77(58-19-7,59-20-8)60-21-9/h43-48,64-67H,13-42H2,1-12H3. The lowest BCUT2D eigenvalue weighted by Crippen LogP contribution is -2.72. The van der Waals surface area contributed by atoms with Gasteiger partial charge in [-0.05, 0) is 291 Å². The molecule has 0 aromatic rings. The van der Waals surface area contributed by atoms with E-state index in [0.717, 1.165) is 88.2 Å². The van der Waals surface area contributed by atoms with Gasteiger partial charge in [0.25, 0.3) is 0 Å². The van der Waals surface area contributed by atoms with Gasteiger partial charge in [0.1, 0.15) is 8.74 Å². The third kappa shape index (κ3) is 10.5. The first kappa shape index (κ1) is 68.4. The predicted octanol–water partition coefficient (Wildman–Crippen LogP) is 19.5. The molecule has 8 fully saturated rings. The van der Waals surface area contributed by atoms with E-state index in [0.29, 0.717) is 83.1 Å². The SMILES string of the molecule is CCO[Si](OCC)(OCC)C1(S(S)(SS)SSS(CCC2CC3CCC2C3)(SS(S)(SS)C2([Si](OCC)(OCC)OCC)CC3CCC2(CC)C3)C2([Si](OCC)(OCC)OCC)CC3CCC2(CC)C3)CC2CCC1(CC)C2. The van der Waals surface area contributed by atoms with Crippen LogP contribution in [0.25, 0.3) is 0 Å². The van der Waals surface area contributed by atoms with E-state index >= 15 is 0 Å². The second kappa shape index (κ2) is 27.5. The largest absolute Gasteiger partial charge is 0.519 e. The van der Waals surface area contributed by atoms with Crippen molar-refractivity contribution in [1.82, 2.24) is 0 Å². The Balaban J connectivity index is 1.49. The molecule has 8 bridgehead atoms. The Morgan fingerprint density at radius 2 is 0.782 bits per heavy atom. The summed E-state index contributed by atoms with van der Waals surface area (Å²) in [5.74, 6) is 4.96. The quantitative estimate of drug-likeness (QED) is 0.0271. The van der Waals surface area contributed by atoms with Crippen LogP contribution in [0.2, 0.25) is 0 Å². The molecule has 8 aliphatic carbocycles. The molecular weight excluding hydrogens is 1260 g/mol. The molecule has 0 aliphatic heterocycles. The van der Waals surface area contributed by atoms with Gasteiger partial charge in [-0.15, -0.1) is 31.4 Å². The fraction of sp³-hybridized carbons (Fsp3) is 1.00. The van der Waals surface area contributed by atoms with Crippen LogP contribution in [0.4, 0.5) is 0 Å². The number of thiol groups is 4. The van der Waals surface area contributed by atoms with E-state index in [-0.39, 0.29) is 16.2 Å². The molecule has 15 unspecified atom stereocenters. The van der Waals surface area contributed by atoms with E-state index in [1.165, 1.54) is 57.8 Å². The minimum atomic E-state index is -3.73. The van der Waals surface area contributed by atoms with Crippen LogP contribution in [0.15, 0.2) is 0 Å². The molecule has 24 heteroatoms. The molecule has 15 atom stereocenters. The monoisotopic (exact) mass is 1370 g/mol. The predicted molar refractivity (Wildman–Crippen MR) is 369 cm³/mol. The lowest BCUT2D eigenvalue weighted by molar-refractivity contribution is 0.0341. The van der Waals surface area contributed by atoms with E-state index in [2.05, 4.69) is 113 Å². The van der Waals surface area contributed by atoms with Crippen LogP contribution in [0.5, 0.6) is 0 Å². The molecule has 0 radical (unpaired) electrons. The van der Waals surface area contributed by atoms with Gasteiger partial charge in [-0.1, -0.05) is 64.8 Å². The summed E-state index contributed by atoms with van der Waals surface area (Å²) in [5.41, 5.74) is -0.280. The maximum Gasteiger partial charge on any atom is 0.519 e. The number of hydrogen-bond acceptors (Lipinski definition) is 18. The fourth-order valence-corrected chi connectivity index (χ4v) is 107. The van der Waals surface area contributed by atoms with Gasteiger partial charge >= 0.3 is 26.4 Å². The Morgan fingerprint density at radius 1 is 0.423 bits per heavy atom. The van der Waals surface area contributed by atoms with Gasteiger partial charge < -0.3 is 39.8 Å². The number of fused-ring (bicyclic) bond motifs is 8. The number of rotatable bonds is 37. The summed E-state index contributed by atoms with van der Waals surface area (Å²) < 4.78 is 66.4. The summed E-state index contributed by atoms with van der Waals surface area (Å²) >= 11 is 24.5. The number of hydrogen-bond donors (Lipinski definition) is 4. The van der Waals surface area contributed by atoms with Crippen LogP contribution in [0.3, 0.4) is 0 Å². The second-order valence-electron chi connectivity index (χ2n) is 24.2. The van der Waals surface area contributed by atoms with Crippen molar-refractivity contribution in [3.8, 4) is 0 Å². The third-order valence-electron chi connectivity index (χ3n) is 21.6. The first-order chi connectivity index (χ1) is 37.4. The zero-order valence-corrected chi connectivity index (χ0v) is 63.0. The lowest BCUT2D eigenvalue weighted by Gasteiger charge is -2.69. The van der Waals surface area contributed by atoms with Crippen LogP contribution in [-0.2, 0) is 39.8 Å². The van der Waals surface area contributed by atoms with E-state index < -0.39 is 61.9 Å². The van der Waals surface area contributed by atoms with Gasteiger partial charge in [0.05, 0.1) is 4.37 Å². The minimum Gasteiger partial charge on any atom is -0.373 e. The van der Waals surface area contributed by atoms with Crippen LogP contribution >= 0.6 is 118 Å². The Hall–Kier alpha value is 4.49. The van der Waals surface area contributed by atoms with Crippen LogP contribution in [0, 0.1) is 51.8 Å². The third-order valence-corrected chi connectivity index (χ3v) is 89.2. The van der Waals surface area contributed by atoms with Crippen molar-refractivity contribution in [1.29, 1.82) is 0 Å². The average Bonchev–Trinajstić information content (AvgIpc) is 4.34. The highest BCUT2D eigenvalue weighted by Crippen LogP contribution is 3.06. The topological polar surface area (TPSA) is 83.1 Å². The fourth-order valence-electron chi connectivity index (χ4n) is 19.1. The zero-order chi connectivity index (χ0) is 56.6. The van der Waals surface area contributed by atoms with Crippen LogP contribution in [0.1, 0.15) is 212 Å². The van der Waals surface area contributed by atoms with Crippen LogP contribution < -0.4 is 0 Å². The lowest BCUT2D eigenvalue weighted by atomic mass is 9.80. The summed E-state index contributed by atoms with van der Waals surface area (Å²) in [4.78, 5) is 0. The summed E-state index contributed by atoms with van der Waals surface area (Å²) in [6.07, 6.45) is 23.3. The van der Waals surface area contributed by atoms with Crippen LogP contribution in [-0.4, -0.2) is 105 Å². The smallest absolute Gasteiger partial charge is 0.373 e. The van der Waals surface area contributed by atoms with Gasteiger partial charge in [-0.3, -0.25) is 0 Å². The summed E-state index contributed by atoms with van der Waals surface area (Å²) in [7, 11) is -7.60. The van der Waals surface area contributed by atoms with Crippen molar-refractivity contribution in [2.24, 2.45) is 51.8 Å². The molecule has 8 saturated carbocycles. The Bertz CT molecular complexity index is 1940. The van der Waals surface area contributed by atoms with Gasteiger partial charge in [0.2, 0.25) is 0 Å². The first-order valence-corrected chi connectivity index (χ1v) is 53.0. The highest BCUT2D eigenvalue weighted by Gasteiger charge is 2.86. The van der Waals surface area contributed by atoms with Crippen molar-refractivity contribution in [3.05, 3.63) is 0 Å². The molecule has 0 amide bonds. The van der Waals surface area contributed by atoms with Gasteiger partial charge in [0.15, 0.2) is 0 Å². The normalized spacial score (nSPS) is 39.7. The zero-order valence-electron chi connectivity index (χ0n) is 49.9. The maximum absolute atomic E-state index is 7.76. The average molecular weight is 1370 g/mol. The van der Waals surface area contributed by atoms with Gasteiger partial charge in [-0.2, -0.15) is 0 Å². The molecule has 78 heavy (non-hydrogen) atoms. The molecule has 8 rings (SSSR count). The van der Waals surface area contributed by atoms with E-state index in [1.807, 2.05) is 0 Å². The second-order valence-corrected chi connectivity index (χ2v) is 66.2. The molecule has 0 heterocycles. The van der Waals surface area contributed by atoms with Crippen molar-refractivity contribution in [2.75, 3.05) is 65.2 Å². The molecular formula is C54H106O9S12Si3. The maximum atomic E-state index is 7.76. The minimum absolute atomic E-state index is 0.0783. The summed E-state index contributed by atoms with van der Waals surface area (Å²) in [5, 5.41) is 0. The molecule has 9 nitrogen and oxygen atoms in total. The molecule has 0 saturated heterocycles. The Morgan fingerprint density at radius 3 is 1.10 bits per heavy atom. The molecule has 0 aromatic carbocycles. The van der Waals surface area contributed by atoms with E-state index in [4.69, 9.17) is 86.5 Å². The first-order valence-electron chi connectivity index (χ1n) is 30.8. The van der Waals surface area contributed by atoms with Crippen molar-refractivity contribution in [2.45, 2.75) is 225 Å². The highest BCUT2D eigenvalue weighted by molar-refractivity contribution is 9.73. The molecule has 0 N–H and O–H groups in total. The van der Waals surface area contributed by atoms with Crippen molar-refractivity contribution >= 4 is 145 Å². The Labute approximate surface area is 520 Å². The summed E-state index contributed by atoms with van der Waals surface area (Å²) in [6, 6.07) is 0. The van der Waals surface area contributed by atoms with Crippen molar-refractivity contribution in [3.63, 3.8) is 0 Å². The highest BCUT2D eigenvalue weighted by atomic mass is 34.1.